The number of methoxy groups -OCH3 is 1. The minimum Gasteiger partial charge on any atom is -0.497 e. The molecular formula is C21H28N4O2. The van der Waals surface area contributed by atoms with Crippen LogP contribution in [0.5, 0.6) is 5.75 Å². The summed E-state index contributed by atoms with van der Waals surface area (Å²) in [6.45, 7) is 2.86. The molecule has 144 valence electrons. The standard InChI is InChI=1S/C21H28N4O2/c1-27-18-7-8-19-15(12-18)4-2-5-20(19)23-21(26)9-6-16-13-17-14-22-10-3-11-25(17)24-16/h7-8,12-13,20,22H,2-6,9-11,14H2,1H3,(H,23,26)/t20-/m1/s1. The van der Waals surface area contributed by atoms with Crippen LogP contribution in [0.1, 0.15) is 54.2 Å². The van der Waals surface area contributed by atoms with E-state index in [2.05, 4.69) is 38.6 Å². The van der Waals surface area contributed by atoms with E-state index in [0.29, 0.717) is 12.8 Å². The van der Waals surface area contributed by atoms with E-state index in [-0.39, 0.29) is 11.9 Å². The second-order valence-electron chi connectivity index (χ2n) is 7.46. The number of hydrogen-bond donors (Lipinski definition) is 2. The number of carbonyl (C=O) groups excluding carboxylic acids is 1. The summed E-state index contributed by atoms with van der Waals surface area (Å²) in [5.74, 6) is 0.986. The third-order valence-corrected chi connectivity index (χ3v) is 5.55. The van der Waals surface area contributed by atoms with Crippen LogP contribution in [-0.4, -0.2) is 29.3 Å². The van der Waals surface area contributed by atoms with Crippen molar-refractivity contribution in [1.29, 1.82) is 0 Å². The largest absolute Gasteiger partial charge is 0.497 e. The predicted octanol–water partition coefficient (Wildman–Crippen LogP) is 2.51. The van der Waals surface area contributed by atoms with E-state index in [4.69, 9.17) is 4.74 Å². The number of hydrogen-bond acceptors (Lipinski definition) is 4. The van der Waals surface area contributed by atoms with Gasteiger partial charge in [0.1, 0.15) is 5.75 Å². The third kappa shape index (κ3) is 4.16. The highest BCUT2D eigenvalue weighted by molar-refractivity contribution is 5.76. The Labute approximate surface area is 160 Å². The zero-order valence-electron chi connectivity index (χ0n) is 16.0. The summed E-state index contributed by atoms with van der Waals surface area (Å²) in [5, 5.41) is 11.3. The van der Waals surface area contributed by atoms with Crippen LogP contribution < -0.4 is 15.4 Å². The lowest BCUT2D eigenvalue weighted by Crippen LogP contribution is -2.31. The first-order valence-corrected chi connectivity index (χ1v) is 9.95. The van der Waals surface area contributed by atoms with E-state index in [1.54, 1.807) is 7.11 Å². The summed E-state index contributed by atoms with van der Waals surface area (Å²) in [5.41, 5.74) is 4.75. The molecule has 1 amide bonds. The maximum absolute atomic E-state index is 12.5. The lowest BCUT2D eigenvalue weighted by molar-refractivity contribution is -0.121. The lowest BCUT2D eigenvalue weighted by Gasteiger charge is -2.26. The van der Waals surface area contributed by atoms with Crippen molar-refractivity contribution in [3.05, 3.63) is 46.8 Å². The quantitative estimate of drug-likeness (QED) is 0.851. The van der Waals surface area contributed by atoms with Crippen molar-refractivity contribution in [2.24, 2.45) is 0 Å². The fraction of sp³-hybridized carbons (Fsp3) is 0.524. The van der Waals surface area contributed by atoms with Crippen LogP contribution in [0.25, 0.3) is 0 Å². The van der Waals surface area contributed by atoms with Crippen molar-refractivity contribution < 1.29 is 9.53 Å². The highest BCUT2D eigenvalue weighted by Gasteiger charge is 2.22. The average molecular weight is 368 g/mol. The molecule has 1 aliphatic heterocycles. The summed E-state index contributed by atoms with van der Waals surface area (Å²) >= 11 is 0. The van der Waals surface area contributed by atoms with Crippen molar-refractivity contribution in [3.63, 3.8) is 0 Å². The third-order valence-electron chi connectivity index (χ3n) is 5.55. The van der Waals surface area contributed by atoms with Gasteiger partial charge in [-0.3, -0.25) is 9.48 Å². The maximum atomic E-state index is 12.5. The van der Waals surface area contributed by atoms with Gasteiger partial charge >= 0.3 is 0 Å². The van der Waals surface area contributed by atoms with Crippen LogP contribution in [0, 0.1) is 0 Å². The number of fused-ring (bicyclic) bond motifs is 2. The van der Waals surface area contributed by atoms with E-state index in [0.717, 1.165) is 56.8 Å². The molecule has 1 aliphatic carbocycles. The van der Waals surface area contributed by atoms with Gasteiger partial charge in [-0.15, -0.1) is 0 Å². The minimum absolute atomic E-state index is 0.102. The molecule has 6 heteroatoms. The highest BCUT2D eigenvalue weighted by atomic mass is 16.5. The van der Waals surface area contributed by atoms with Gasteiger partial charge < -0.3 is 15.4 Å². The first-order valence-electron chi connectivity index (χ1n) is 9.95. The van der Waals surface area contributed by atoms with E-state index in [9.17, 15) is 4.79 Å². The number of aromatic nitrogens is 2. The van der Waals surface area contributed by atoms with Crippen LogP contribution in [-0.2, 0) is 30.7 Å². The van der Waals surface area contributed by atoms with Crippen LogP contribution in [0.3, 0.4) is 0 Å². The molecule has 2 heterocycles. The van der Waals surface area contributed by atoms with Gasteiger partial charge in [-0.1, -0.05) is 6.07 Å². The summed E-state index contributed by atoms with van der Waals surface area (Å²) in [4.78, 5) is 12.5. The molecule has 1 atom stereocenters. The predicted molar refractivity (Wildman–Crippen MR) is 104 cm³/mol. The SMILES string of the molecule is COc1ccc2c(c1)CCC[C@H]2NC(=O)CCc1cc2n(n1)CCCNC2. The van der Waals surface area contributed by atoms with Crippen molar-refractivity contribution in [3.8, 4) is 5.75 Å². The minimum atomic E-state index is 0.102. The molecule has 0 bridgehead atoms. The van der Waals surface area contributed by atoms with Crippen LogP contribution in [0.15, 0.2) is 24.3 Å². The second-order valence-corrected chi connectivity index (χ2v) is 7.46. The normalized spacial score (nSPS) is 18.9. The first kappa shape index (κ1) is 18.0. The molecular weight excluding hydrogens is 340 g/mol. The zero-order valence-corrected chi connectivity index (χ0v) is 16.0. The molecule has 0 saturated heterocycles. The van der Waals surface area contributed by atoms with Gasteiger partial charge in [0.15, 0.2) is 0 Å². The molecule has 4 rings (SSSR count). The Kier molecular flexibility index (Phi) is 5.43. The smallest absolute Gasteiger partial charge is 0.220 e. The number of aryl methyl sites for hydroxylation is 3. The van der Waals surface area contributed by atoms with Gasteiger partial charge in [0, 0.05) is 25.9 Å². The molecule has 2 N–H and O–H groups in total. The highest BCUT2D eigenvalue weighted by Crippen LogP contribution is 2.32. The van der Waals surface area contributed by atoms with Crippen LogP contribution in [0.4, 0.5) is 0 Å². The molecule has 2 aromatic rings. The molecule has 0 fully saturated rings. The molecule has 1 aromatic carbocycles. The van der Waals surface area contributed by atoms with Gasteiger partial charge in [0.05, 0.1) is 24.5 Å². The van der Waals surface area contributed by atoms with E-state index in [1.165, 1.54) is 16.8 Å². The summed E-state index contributed by atoms with van der Waals surface area (Å²) in [7, 11) is 1.69. The summed E-state index contributed by atoms with van der Waals surface area (Å²) < 4.78 is 7.41. The Hall–Kier alpha value is -2.34. The number of amides is 1. The van der Waals surface area contributed by atoms with Gasteiger partial charge in [-0.05, 0) is 61.6 Å². The molecule has 0 saturated carbocycles. The lowest BCUT2D eigenvalue weighted by atomic mass is 9.87. The van der Waals surface area contributed by atoms with Crippen molar-refractivity contribution >= 4 is 5.91 Å². The van der Waals surface area contributed by atoms with Crippen LogP contribution >= 0.6 is 0 Å². The Morgan fingerprint density at radius 2 is 2.30 bits per heavy atom. The Morgan fingerprint density at radius 3 is 3.19 bits per heavy atom. The van der Waals surface area contributed by atoms with Gasteiger partial charge in [0.25, 0.3) is 0 Å². The van der Waals surface area contributed by atoms with Crippen molar-refractivity contribution in [2.45, 2.75) is 57.7 Å². The summed E-state index contributed by atoms with van der Waals surface area (Å²) in [6, 6.07) is 8.41. The molecule has 1 aromatic heterocycles. The monoisotopic (exact) mass is 368 g/mol. The Morgan fingerprint density at radius 1 is 1.37 bits per heavy atom. The Bertz CT molecular complexity index is 791. The molecule has 27 heavy (non-hydrogen) atoms. The fourth-order valence-corrected chi connectivity index (χ4v) is 4.12. The Balaban J connectivity index is 1.35. The number of carbonyl (C=O) groups is 1. The molecule has 6 nitrogen and oxygen atoms in total. The fourth-order valence-electron chi connectivity index (χ4n) is 4.12. The number of nitrogens with zero attached hydrogens (tertiary/aromatic N) is 2. The molecule has 2 aliphatic rings. The van der Waals surface area contributed by atoms with Gasteiger partial charge in [0.2, 0.25) is 5.91 Å². The zero-order chi connectivity index (χ0) is 18.6. The van der Waals surface area contributed by atoms with E-state index in [1.807, 2.05) is 6.07 Å². The summed E-state index contributed by atoms with van der Waals surface area (Å²) in [6.07, 6.45) is 5.40. The van der Waals surface area contributed by atoms with Crippen molar-refractivity contribution in [1.82, 2.24) is 20.4 Å². The number of rotatable bonds is 5. The molecule has 0 spiro atoms. The molecule has 0 radical (unpaired) electrons. The number of nitrogens with one attached hydrogen (secondary N) is 2. The van der Waals surface area contributed by atoms with E-state index >= 15 is 0 Å². The number of ether oxygens (including phenoxy) is 1. The first-order chi connectivity index (χ1) is 13.2. The van der Waals surface area contributed by atoms with Gasteiger partial charge in [-0.2, -0.15) is 5.10 Å². The van der Waals surface area contributed by atoms with Crippen LogP contribution in [0.2, 0.25) is 0 Å². The number of benzene rings is 1. The maximum Gasteiger partial charge on any atom is 0.220 e. The average Bonchev–Trinajstić information content (AvgIpc) is 2.95. The molecule has 0 unspecified atom stereocenters. The van der Waals surface area contributed by atoms with E-state index < -0.39 is 0 Å². The van der Waals surface area contributed by atoms with Gasteiger partial charge in [-0.25, -0.2) is 0 Å². The second kappa shape index (κ2) is 8.13. The topological polar surface area (TPSA) is 68.2 Å². The van der Waals surface area contributed by atoms with Crippen molar-refractivity contribution in [2.75, 3.05) is 13.7 Å².